The van der Waals surface area contributed by atoms with E-state index in [0.29, 0.717) is 26.4 Å². The number of rotatable bonds is 12. The van der Waals surface area contributed by atoms with E-state index in [0.717, 1.165) is 24.0 Å². The number of aliphatic carboxylic acids is 1. The minimum absolute atomic E-state index is 0.0712. The van der Waals surface area contributed by atoms with Crippen LogP contribution in [0.15, 0.2) is 60.7 Å². The predicted octanol–water partition coefficient (Wildman–Crippen LogP) is 4.07. The van der Waals surface area contributed by atoms with Crippen LogP contribution in [0.2, 0.25) is 0 Å². The molecule has 1 saturated heterocycles. The average Bonchev–Trinajstić information content (AvgIpc) is 2.80. The molecule has 6 nitrogen and oxygen atoms in total. The second kappa shape index (κ2) is 12.6. The summed E-state index contributed by atoms with van der Waals surface area (Å²) < 4.78 is 24.1. The van der Waals surface area contributed by atoms with Crippen molar-refractivity contribution in [3.05, 3.63) is 71.8 Å². The first-order chi connectivity index (χ1) is 15.2. The van der Waals surface area contributed by atoms with E-state index in [4.69, 9.17) is 18.9 Å². The summed E-state index contributed by atoms with van der Waals surface area (Å²) >= 11 is 0. The summed E-state index contributed by atoms with van der Waals surface area (Å²) in [5.74, 6) is -1.73. The molecule has 1 fully saturated rings. The summed E-state index contributed by atoms with van der Waals surface area (Å²) in [6.45, 7) is 3.77. The Bertz CT molecular complexity index is 766. The molecule has 1 heterocycles. The zero-order valence-electron chi connectivity index (χ0n) is 18.0. The van der Waals surface area contributed by atoms with Crippen molar-refractivity contribution in [1.82, 2.24) is 0 Å². The molecule has 1 aliphatic heterocycles. The molecule has 0 spiro atoms. The molecule has 0 saturated carbocycles. The Morgan fingerprint density at radius 2 is 1.61 bits per heavy atom. The largest absolute Gasteiger partial charge is 0.481 e. The maximum absolute atomic E-state index is 11.9. The molecule has 2 aromatic carbocycles. The van der Waals surface area contributed by atoms with Crippen molar-refractivity contribution in [2.45, 2.75) is 51.3 Å². The second-order valence-corrected chi connectivity index (χ2v) is 7.77. The van der Waals surface area contributed by atoms with Gasteiger partial charge in [0.05, 0.1) is 26.4 Å². The fourth-order valence-corrected chi connectivity index (χ4v) is 3.62. The lowest BCUT2D eigenvalue weighted by Crippen LogP contribution is -2.56. The summed E-state index contributed by atoms with van der Waals surface area (Å²) in [7, 11) is 0. The van der Waals surface area contributed by atoms with Crippen molar-refractivity contribution in [3.63, 3.8) is 0 Å². The van der Waals surface area contributed by atoms with Gasteiger partial charge >= 0.3 is 5.97 Å². The van der Waals surface area contributed by atoms with Crippen LogP contribution in [0.25, 0.3) is 0 Å². The number of ether oxygens (including phenoxy) is 4. The summed E-state index contributed by atoms with van der Waals surface area (Å²) in [6.07, 6.45) is 0.351. The predicted molar refractivity (Wildman–Crippen MR) is 117 cm³/mol. The maximum Gasteiger partial charge on any atom is 0.311 e. The molecule has 2 aromatic rings. The SMILES string of the molecule is CCCCO[C@@H]1[C@H](OCc2ccccc2)[C@H](C(=O)O)CO[C@@H]1COCc1ccccc1. The highest BCUT2D eigenvalue weighted by molar-refractivity contribution is 5.71. The lowest BCUT2D eigenvalue weighted by molar-refractivity contribution is -0.221. The van der Waals surface area contributed by atoms with Gasteiger partial charge < -0.3 is 24.1 Å². The van der Waals surface area contributed by atoms with Crippen LogP contribution in [-0.2, 0) is 37.0 Å². The molecule has 0 amide bonds. The number of benzene rings is 2. The number of hydrogen-bond donors (Lipinski definition) is 1. The highest BCUT2D eigenvalue weighted by atomic mass is 16.6. The smallest absolute Gasteiger partial charge is 0.311 e. The first-order valence-electron chi connectivity index (χ1n) is 10.9. The van der Waals surface area contributed by atoms with Crippen molar-refractivity contribution in [3.8, 4) is 0 Å². The maximum atomic E-state index is 11.9. The quantitative estimate of drug-likeness (QED) is 0.514. The van der Waals surface area contributed by atoms with Gasteiger partial charge in [0.1, 0.15) is 24.2 Å². The Labute approximate surface area is 184 Å². The van der Waals surface area contributed by atoms with Crippen LogP contribution in [0.4, 0.5) is 0 Å². The van der Waals surface area contributed by atoms with E-state index in [1.807, 2.05) is 60.7 Å². The standard InChI is InChI=1S/C25H32O6/c1-2-3-14-29-24-22(18-28-15-19-10-6-4-7-11-19)30-17-21(25(26)27)23(24)31-16-20-12-8-5-9-13-20/h4-13,21-24H,2-3,14-18H2,1H3,(H,26,27)/t21-,22-,23-,24+/m1/s1. The van der Waals surface area contributed by atoms with Crippen molar-refractivity contribution in [2.75, 3.05) is 19.8 Å². The van der Waals surface area contributed by atoms with E-state index >= 15 is 0 Å². The molecule has 0 unspecified atom stereocenters. The fourth-order valence-electron chi connectivity index (χ4n) is 3.62. The molecule has 3 rings (SSSR count). The van der Waals surface area contributed by atoms with Gasteiger partial charge in [0.15, 0.2) is 0 Å². The molecule has 1 N–H and O–H groups in total. The van der Waals surface area contributed by atoms with Crippen molar-refractivity contribution in [1.29, 1.82) is 0 Å². The summed E-state index contributed by atoms with van der Waals surface area (Å²) in [4.78, 5) is 11.9. The first kappa shape index (κ1) is 23.4. The molecule has 4 atom stereocenters. The monoisotopic (exact) mass is 428 g/mol. The topological polar surface area (TPSA) is 74.2 Å². The van der Waals surface area contributed by atoms with E-state index in [-0.39, 0.29) is 6.61 Å². The third-order valence-electron chi connectivity index (χ3n) is 5.38. The fraction of sp³-hybridized carbons (Fsp3) is 0.480. The normalized spacial score (nSPS) is 23.5. The molecule has 0 bridgehead atoms. The number of carboxylic acids is 1. The molecular formula is C25H32O6. The highest BCUT2D eigenvalue weighted by Crippen LogP contribution is 2.28. The van der Waals surface area contributed by atoms with Crippen LogP contribution in [0.1, 0.15) is 30.9 Å². The zero-order valence-corrected chi connectivity index (χ0v) is 18.0. The minimum Gasteiger partial charge on any atom is -0.481 e. The highest BCUT2D eigenvalue weighted by Gasteiger charge is 2.45. The van der Waals surface area contributed by atoms with Gasteiger partial charge in [0.2, 0.25) is 0 Å². The average molecular weight is 429 g/mol. The zero-order chi connectivity index (χ0) is 21.9. The molecule has 0 aliphatic carbocycles. The van der Waals surface area contributed by atoms with Crippen LogP contribution >= 0.6 is 0 Å². The second-order valence-electron chi connectivity index (χ2n) is 7.77. The summed E-state index contributed by atoms with van der Waals surface area (Å²) in [5, 5.41) is 9.76. The Hall–Kier alpha value is -2.25. The van der Waals surface area contributed by atoms with Gasteiger partial charge in [0, 0.05) is 6.61 Å². The van der Waals surface area contributed by atoms with E-state index < -0.39 is 30.2 Å². The van der Waals surface area contributed by atoms with Crippen molar-refractivity contribution in [2.24, 2.45) is 5.92 Å². The molecule has 31 heavy (non-hydrogen) atoms. The molecule has 0 radical (unpaired) electrons. The van der Waals surface area contributed by atoms with Gasteiger partial charge in [-0.25, -0.2) is 0 Å². The number of hydrogen-bond acceptors (Lipinski definition) is 5. The summed E-state index contributed by atoms with van der Waals surface area (Å²) in [5.41, 5.74) is 2.06. The lowest BCUT2D eigenvalue weighted by Gasteiger charge is -2.40. The molecule has 168 valence electrons. The third-order valence-corrected chi connectivity index (χ3v) is 5.38. The molecular weight excluding hydrogens is 396 g/mol. The van der Waals surface area contributed by atoms with E-state index in [1.165, 1.54) is 0 Å². The number of carbonyl (C=O) groups is 1. The van der Waals surface area contributed by atoms with Crippen molar-refractivity contribution < 1.29 is 28.8 Å². The third kappa shape index (κ3) is 7.14. The van der Waals surface area contributed by atoms with Crippen LogP contribution < -0.4 is 0 Å². The van der Waals surface area contributed by atoms with Gasteiger partial charge in [-0.3, -0.25) is 4.79 Å². The van der Waals surface area contributed by atoms with E-state index in [9.17, 15) is 9.90 Å². The first-order valence-corrected chi connectivity index (χ1v) is 10.9. The molecule has 0 aromatic heterocycles. The number of unbranched alkanes of at least 4 members (excludes halogenated alkanes) is 1. The van der Waals surface area contributed by atoms with Gasteiger partial charge in [0.25, 0.3) is 0 Å². The Kier molecular flexibility index (Phi) is 9.49. The molecule has 6 heteroatoms. The van der Waals surface area contributed by atoms with Crippen molar-refractivity contribution >= 4 is 5.97 Å². The lowest BCUT2D eigenvalue weighted by atomic mass is 9.92. The van der Waals surface area contributed by atoms with Crippen LogP contribution in [-0.4, -0.2) is 49.2 Å². The van der Waals surface area contributed by atoms with E-state index in [2.05, 4.69) is 6.92 Å². The Morgan fingerprint density at radius 1 is 0.968 bits per heavy atom. The van der Waals surface area contributed by atoms with Crippen LogP contribution in [0.5, 0.6) is 0 Å². The van der Waals surface area contributed by atoms with Crippen LogP contribution in [0, 0.1) is 5.92 Å². The summed E-state index contributed by atoms with van der Waals surface area (Å²) in [6, 6.07) is 19.6. The minimum atomic E-state index is -0.939. The molecule has 1 aliphatic rings. The van der Waals surface area contributed by atoms with E-state index in [1.54, 1.807) is 0 Å². The number of carboxylic acid groups (broad SMARTS) is 1. The Balaban J connectivity index is 1.68. The van der Waals surface area contributed by atoms with Gasteiger partial charge in [-0.05, 0) is 17.5 Å². The van der Waals surface area contributed by atoms with Gasteiger partial charge in [-0.15, -0.1) is 0 Å². The Morgan fingerprint density at radius 3 is 2.23 bits per heavy atom. The van der Waals surface area contributed by atoms with Gasteiger partial charge in [-0.1, -0.05) is 74.0 Å². The van der Waals surface area contributed by atoms with Gasteiger partial charge in [-0.2, -0.15) is 0 Å². The van der Waals surface area contributed by atoms with Crippen LogP contribution in [0.3, 0.4) is 0 Å².